The zero-order chi connectivity index (χ0) is 38.9. The Morgan fingerprint density at radius 2 is 1.78 bits per heavy atom. The van der Waals surface area contributed by atoms with E-state index in [2.05, 4.69) is 10.4 Å². The van der Waals surface area contributed by atoms with Crippen molar-refractivity contribution in [1.82, 2.24) is 23.7 Å². The van der Waals surface area contributed by atoms with E-state index in [1.54, 1.807) is 10.8 Å². The van der Waals surface area contributed by atoms with Gasteiger partial charge in [0.25, 0.3) is 5.56 Å². The number of alkyl halides is 3. The molecule has 1 N–H and O–H groups in total. The molecule has 0 spiro atoms. The Kier molecular flexibility index (Phi) is 10.7. The molecule has 2 aromatic carbocycles. The van der Waals surface area contributed by atoms with Crippen molar-refractivity contribution in [3.8, 4) is 5.75 Å². The fourth-order valence-corrected chi connectivity index (χ4v) is 7.12. The third-order valence-electron chi connectivity index (χ3n) is 9.62. The van der Waals surface area contributed by atoms with E-state index in [4.69, 9.17) is 26.1 Å². The number of pyridine rings is 1. The summed E-state index contributed by atoms with van der Waals surface area (Å²) in [7, 11) is 1.84. The number of carbonyl (C=O) groups excluding carboxylic acids is 1. The van der Waals surface area contributed by atoms with Gasteiger partial charge in [-0.1, -0.05) is 54.9 Å². The van der Waals surface area contributed by atoms with Crippen LogP contribution in [0.4, 0.5) is 30.4 Å². The lowest BCUT2D eigenvalue weighted by Gasteiger charge is -2.38. The Morgan fingerprint density at radius 1 is 1.04 bits per heavy atom. The van der Waals surface area contributed by atoms with Crippen LogP contribution in [0.3, 0.4) is 0 Å². The first kappa shape index (κ1) is 37.7. The van der Waals surface area contributed by atoms with Crippen molar-refractivity contribution in [2.75, 3.05) is 54.5 Å². The van der Waals surface area contributed by atoms with Crippen molar-refractivity contribution in [3.63, 3.8) is 0 Å². The first-order valence-electron chi connectivity index (χ1n) is 17.8. The molecule has 1 saturated heterocycles. The number of amides is 1. The Labute approximate surface area is 318 Å². The standard InChI is InChI=1S/C38H38ClF3N8O5/c1-3-29-32(47-15-17-48(18-16-47)35-33(30(51)11-14-46(35)2)55-23-24-7-5-4-6-8-24)36(53)50-37(44-34(45-50)25-12-19-54-20-13-25)49(29)22-31(52)43-28-10-9-26(21-27(28)39)38(40,41)42/h4-12,14,21H,3,13,15-20,22-23H2,1-2H3,(H,43,52). The lowest BCUT2D eigenvalue weighted by molar-refractivity contribution is -0.137. The van der Waals surface area contributed by atoms with E-state index in [0.29, 0.717) is 75.3 Å². The van der Waals surface area contributed by atoms with Crippen LogP contribution in [0.25, 0.3) is 11.4 Å². The summed E-state index contributed by atoms with van der Waals surface area (Å²) < 4.78 is 56.0. The van der Waals surface area contributed by atoms with Gasteiger partial charge in [0.1, 0.15) is 18.8 Å². The number of benzene rings is 2. The van der Waals surface area contributed by atoms with Crippen LogP contribution in [0.15, 0.2) is 76.5 Å². The molecule has 0 radical (unpaired) electrons. The molecule has 5 aromatic rings. The summed E-state index contributed by atoms with van der Waals surface area (Å²) in [5, 5.41) is 6.94. The number of carbonyl (C=O) groups is 1. The Morgan fingerprint density at radius 3 is 2.45 bits per heavy atom. The molecule has 17 heteroatoms. The third kappa shape index (κ3) is 7.82. The van der Waals surface area contributed by atoms with Crippen LogP contribution in [0, 0.1) is 0 Å². The minimum Gasteiger partial charge on any atom is -0.481 e. The predicted octanol–water partition coefficient (Wildman–Crippen LogP) is 5.17. The number of aromatic nitrogens is 5. The molecule has 3 aromatic heterocycles. The van der Waals surface area contributed by atoms with E-state index in [0.717, 1.165) is 29.3 Å². The summed E-state index contributed by atoms with van der Waals surface area (Å²) in [6.07, 6.45) is -0.194. The van der Waals surface area contributed by atoms with Gasteiger partial charge in [-0.2, -0.15) is 22.7 Å². The van der Waals surface area contributed by atoms with Crippen LogP contribution in [-0.2, 0) is 42.3 Å². The van der Waals surface area contributed by atoms with Crippen LogP contribution in [0.5, 0.6) is 5.75 Å². The molecule has 2 aliphatic rings. The summed E-state index contributed by atoms with van der Waals surface area (Å²) in [6.45, 7) is 4.20. The zero-order valence-electron chi connectivity index (χ0n) is 30.1. The van der Waals surface area contributed by atoms with Crippen molar-refractivity contribution in [3.05, 3.63) is 115 Å². The number of fused-ring (bicyclic) bond motifs is 1. The van der Waals surface area contributed by atoms with Gasteiger partial charge in [0.05, 0.1) is 35.2 Å². The molecule has 288 valence electrons. The molecule has 0 atom stereocenters. The first-order chi connectivity index (χ1) is 26.4. The Bertz CT molecular complexity index is 2380. The molecule has 1 fully saturated rings. The number of piperazine rings is 1. The number of ether oxygens (including phenoxy) is 2. The van der Waals surface area contributed by atoms with Gasteiger partial charge in [0, 0.05) is 45.5 Å². The summed E-state index contributed by atoms with van der Waals surface area (Å²) >= 11 is 6.16. The summed E-state index contributed by atoms with van der Waals surface area (Å²) in [6, 6.07) is 13.7. The van der Waals surface area contributed by atoms with E-state index in [-0.39, 0.29) is 40.8 Å². The highest BCUT2D eigenvalue weighted by atomic mass is 35.5. The second-order valence-electron chi connectivity index (χ2n) is 13.2. The van der Waals surface area contributed by atoms with Crippen LogP contribution in [0.1, 0.15) is 36.0 Å². The number of hydrogen-bond acceptors (Lipinski definition) is 9. The number of nitrogens with zero attached hydrogens (tertiary/aromatic N) is 7. The van der Waals surface area contributed by atoms with Gasteiger partial charge in [-0.05, 0) is 42.2 Å². The fourth-order valence-electron chi connectivity index (χ4n) is 6.89. The van der Waals surface area contributed by atoms with Gasteiger partial charge in [-0.25, -0.2) is 0 Å². The molecule has 0 aliphatic carbocycles. The second-order valence-corrected chi connectivity index (χ2v) is 13.6. The van der Waals surface area contributed by atoms with Crippen molar-refractivity contribution in [2.24, 2.45) is 7.05 Å². The van der Waals surface area contributed by atoms with Crippen molar-refractivity contribution in [1.29, 1.82) is 0 Å². The monoisotopic (exact) mass is 778 g/mol. The van der Waals surface area contributed by atoms with Gasteiger partial charge in [-0.3, -0.25) is 14.4 Å². The van der Waals surface area contributed by atoms with E-state index in [1.165, 1.54) is 10.6 Å². The van der Waals surface area contributed by atoms with E-state index in [1.807, 2.05) is 64.7 Å². The molecular formula is C38H38ClF3N8O5. The summed E-state index contributed by atoms with van der Waals surface area (Å²) in [5.74, 6) is 0.727. The number of halogens is 4. The van der Waals surface area contributed by atoms with Crippen LogP contribution >= 0.6 is 11.6 Å². The molecule has 7 rings (SSSR count). The van der Waals surface area contributed by atoms with Crippen molar-refractivity contribution in [2.45, 2.75) is 39.1 Å². The number of hydrogen-bond donors (Lipinski definition) is 1. The molecule has 0 saturated carbocycles. The van der Waals surface area contributed by atoms with Gasteiger partial charge < -0.3 is 33.7 Å². The molecule has 1 amide bonds. The van der Waals surface area contributed by atoms with E-state index < -0.39 is 23.2 Å². The minimum atomic E-state index is -4.60. The van der Waals surface area contributed by atoms with Crippen LogP contribution < -0.4 is 30.8 Å². The lowest BCUT2D eigenvalue weighted by Crippen LogP contribution is -2.50. The van der Waals surface area contributed by atoms with Gasteiger partial charge in [-0.15, -0.1) is 5.10 Å². The molecular weight excluding hydrogens is 741 g/mol. The molecule has 13 nitrogen and oxygen atoms in total. The van der Waals surface area contributed by atoms with E-state index >= 15 is 0 Å². The molecule has 5 heterocycles. The quantitative estimate of drug-likeness (QED) is 0.204. The fraction of sp³-hybridized carbons (Fsp3) is 0.342. The molecule has 0 unspecified atom stereocenters. The molecule has 0 bridgehead atoms. The number of aryl methyl sites for hydroxylation is 1. The average Bonchev–Trinajstić information content (AvgIpc) is 3.64. The molecule has 2 aliphatic heterocycles. The van der Waals surface area contributed by atoms with Gasteiger partial charge in [0.2, 0.25) is 22.9 Å². The highest BCUT2D eigenvalue weighted by molar-refractivity contribution is 6.33. The Hall–Kier alpha value is -5.61. The zero-order valence-corrected chi connectivity index (χ0v) is 30.9. The van der Waals surface area contributed by atoms with Gasteiger partial charge in [0.15, 0.2) is 11.6 Å². The number of nitrogens with one attached hydrogen (secondary N) is 1. The minimum absolute atomic E-state index is 0.00284. The predicted molar refractivity (Wildman–Crippen MR) is 202 cm³/mol. The Balaban J connectivity index is 1.21. The van der Waals surface area contributed by atoms with Crippen molar-refractivity contribution < 1.29 is 27.4 Å². The lowest BCUT2D eigenvalue weighted by atomic mass is 10.1. The average molecular weight is 779 g/mol. The number of rotatable bonds is 10. The highest BCUT2D eigenvalue weighted by Crippen LogP contribution is 2.34. The van der Waals surface area contributed by atoms with Crippen LogP contribution in [0.2, 0.25) is 5.02 Å². The maximum atomic E-state index is 14.4. The van der Waals surface area contributed by atoms with Gasteiger partial charge >= 0.3 is 6.18 Å². The maximum absolute atomic E-state index is 14.4. The third-order valence-corrected chi connectivity index (χ3v) is 9.93. The largest absolute Gasteiger partial charge is 0.481 e. The normalized spacial score (nSPS) is 15.0. The number of anilines is 3. The first-order valence-corrected chi connectivity index (χ1v) is 18.1. The van der Waals surface area contributed by atoms with Crippen molar-refractivity contribution >= 4 is 46.1 Å². The smallest absolute Gasteiger partial charge is 0.416 e. The maximum Gasteiger partial charge on any atom is 0.416 e. The highest BCUT2D eigenvalue weighted by Gasteiger charge is 2.32. The topological polar surface area (TPSA) is 128 Å². The SMILES string of the molecule is CCc1c(N2CCN(c3c(OCc4ccccc4)c(=O)ccn3C)CC2)c(=O)n2nc(C3=CCOCC3)nc2n1CC(=O)Nc1ccc(C(F)(F)F)cc1Cl. The van der Waals surface area contributed by atoms with E-state index in [9.17, 15) is 27.6 Å². The summed E-state index contributed by atoms with van der Waals surface area (Å²) in [5.41, 5.74) is 0.993. The van der Waals surface area contributed by atoms with Crippen LogP contribution in [-0.4, -0.2) is 69.0 Å². The molecule has 55 heavy (non-hydrogen) atoms. The summed E-state index contributed by atoms with van der Waals surface area (Å²) in [4.78, 5) is 49.8. The second kappa shape index (κ2) is 15.6.